The van der Waals surface area contributed by atoms with E-state index in [1.165, 1.54) is 17.4 Å². The first-order valence-corrected chi connectivity index (χ1v) is 6.59. The van der Waals surface area contributed by atoms with Crippen molar-refractivity contribution in [3.63, 3.8) is 0 Å². The third-order valence-corrected chi connectivity index (χ3v) is 3.46. The molecule has 0 aliphatic rings. The molecular weight excluding hydrogens is 245 g/mol. The van der Waals surface area contributed by atoms with Crippen LogP contribution in [0.3, 0.4) is 0 Å². The zero-order valence-electron chi connectivity index (χ0n) is 7.28. The molecule has 1 amide bonds. The molecule has 0 atom stereocenters. The largest absolute Gasteiger partial charge is 0.300 e. The van der Waals surface area contributed by atoms with Crippen LogP contribution in [-0.2, 0) is 4.57 Å². The molecule has 5 nitrogen and oxygen atoms in total. The third-order valence-electron chi connectivity index (χ3n) is 1.36. The summed E-state index contributed by atoms with van der Waals surface area (Å²) in [7, 11) is -3.53. The zero-order valence-corrected chi connectivity index (χ0v) is 9.75. The number of hydrogen-bond donors (Lipinski definition) is 3. The fourth-order valence-electron chi connectivity index (χ4n) is 0.786. The summed E-state index contributed by atoms with van der Waals surface area (Å²) in [5, 5.41) is 2.49. The van der Waals surface area contributed by atoms with Crippen molar-refractivity contribution in [2.75, 3.05) is 0 Å². The summed E-state index contributed by atoms with van der Waals surface area (Å²) >= 11 is 6.93. The molecule has 0 saturated carbocycles. The lowest BCUT2D eigenvalue weighted by atomic mass is 10.4. The lowest BCUT2D eigenvalue weighted by Gasteiger charge is -2.06. The maximum atomic E-state index is 11.3. The maximum Gasteiger partial charge on any atom is 0.300 e. The minimum Gasteiger partial charge on any atom is -0.279 e. The standard InChI is InChI=1S/C6H9ClN3O2PS/c1-3-4(7)2-5(14-3)6(11)10-13(8,9)12/h2H,1H3,(H5,8,9,10,11,12). The molecule has 5 N–H and O–H groups in total. The number of nitrogens with one attached hydrogen (secondary N) is 1. The smallest absolute Gasteiger partial charge is 0.279 e. The first kappa shape index (κ1) is 11.7. The summed E-state index contributed by atoms with van der Waals surface area (Å²) in [6.07, 6.45) is 0. The number of nitrogens with two attached hydrogens (primary N) is 2. The SMILES string of the molecule is Cc1sc(C(=O)NP(N)(N)=O)cc1Cl. The van der Waals surface area contributed by atoms with E-state index in [-0.39, 0.29) is 0 Å². The maximum absolute atomic E-state index is 11.3. The van der Waals surface area contributed by atoms with E-state index in [0.717, 1.165) is 4.88 Å². The molecule has 0 saturated heterocycles. The van der Waals surface area contributed by atoms with Crippen molar-refractivity contribution in [2.45, 2.75) is 6.92 Å². The summed E-state index contributed by atoms with van der Waals surface area (Å²) in [5.41, 5.74) is 9.98. The van der Waals surface area contributed by atoms with Gasteiger partial charge in [-0.3, -0.25) is 25.5 Å². The Labute approximate surface area is 90.0 Å². The average molecular weight is 254 g/mol. The Kier molecular flexibility index (Phi) is 3.34. The highest BCUT2D eigenvalue weighted by Gasteiger charge is 2.17. The summed E-state index contributed by atoms with van der Waals surface area (Å²) in [6, 6.07) is 1.48. The molecule has 1 heterocycles. The van der Waals surface area contributed by atoms with Crippen molar-refractivity contribution in [2.24, 2.45) is 11.0 Å². The molecule has 78 valence electrons. The van der Waals surface area contributed by atoms with Crippen molar-refractivity contribution >= 4 is 36.4 Å². The average Bonchev–Trinajstić information content (AvgIpc) is 2.28. The topological polar surface area (TPSA) is 98.2 Å². The molecule has 0 fully saturated rings. The zero-order chi connectivity index (χ0) is 10.9. The Hall–Kier alpha value is -0.390. The fraction of sp³-hybridized carbons (Fsp3) is 0.167. The highest BCUT2D eigenvalue weighted by Crippen LogP contribution is 2.27. The first-order valence-electron chi connectivity index (χ1n) is 3.55. The van der Waals surface area contributed by atoms with E-state index >= 15 is 0 Å². The molecular formula is C6H9ClN3O2PS. The number of thiophene rings is 1. The minimum atomic E-state index is -3.53. The van der Waals surface area contributed by atoms with Gasteiger partial charge in [-0.15, -0.1) is 11.3 Å². The van der Waals surface area contributed by atoms with E-state index in [1.807, 2.05) is 5.09 Å². The Bertz CT molecular complexity index is 394. The van der Waals surface area contributed by atoms with Gasteiger partial charge in [0.15, 0.2) is 0 Å². The van der Waals surface area contributed by atoms with Gasteiger partial charge in [0.25, 0.3) is 5.91 Å². The van der Waals surface area contributed by atoms with E-state index in [9.17, 15) is 9.36 Å². The number of aryl methyl sites for hydroxylation is 1. The summed E-state index contributed by atoms with van der Waals surface area (Å²) in [4.78, 5) is 12.5. The van der Waals surface area contributed by atoms with Crippen molar-refractivity contribution < 1.29 is 9.36 Å². The highest BCUT2D eigenvalue weighted by molar-refractivity contribution is 7.57. The Balaban J connectivity index is 2.86. The van der Waals surface area contributed by atoms with Crippen LogP contribution < -0.4 is 16.1 Å². The van der Waals surface area contributed by atoms with E-state index in [2.05, 4.69) is 0 Å². The van der Waals surface area contributed by atoms with Gasteiger partial charge in [-0.05, 0) is 13.0 Å². The molecule has 0 bridgehead atoms. The van der Waals surface area contributed by atoms with E-state index < -0.39 is 13.5 Å². The molecule has 8 heteroatoms. The molecule has 0 spiro atoms. The Morgan fingerprint density at radius 2 is 2.21 bits per heavy atom. The normalized spacial score (nSPS) is 11.4. The second-order valence-corrected chi connectivity index (χ2v) is 5.97. The molecule has 0 radical (unpaired) electrons. The third kappa shape index (κ3) is 3.08. The fourth-order valence-corrected chi connectivity index (χ4v) is 2.40. The number of carbonyl (C=O) groups is 1. The van der Waals surface area contributed by atoms with Gasteiger partial charge < -0.3 is 0 Å². The van der Waals surface area contributed by atoms with Gasteiger partial charge in [0, 0.05) is 4.88 Å². The summed E-state index contributed by atoms with van der Waals surface area (Å²) in [5.74, 6) is -0.571. The predicted molar refractivity (Wildman–Crippen MR) is 57.5 cm³/mol. The number of amides is 1. The van der Waals surface area contributed by atoms with Crippen molar-refractivity contribution in [1.82, 2.24) is 5.09 Å². The number of hydrogen-bond acceptors (Lipinski definition) is 3. The number of halogens is 1. The summed E-state index contributed by atoms with van der Waals surface area (Å²) < 4.78 is 10.9. The van der Waals surface area contributed by atoms with Crippen LogP contribution in [0, 0.1) is 6.92 Å². The minimum absolute atomic E-state index is 0.337. The first-order chi connectivity index (χ1) is 6.29. The van der Waals surface area contributed by atoms with Crippen LogP contribution in [0.15, 0.2) is 6.07 Å². The Morgan fingerprint density at radius 3 is 2.57 bits per heavy atom. The van der Waals surface area contributed by atoms with Crippen LogP contribution >= 0.6 is 30.5 Å². The number of rotatable bonds is 2. The summed E-state index contributed by atoms with van der Waals surface area (Å²) in [6.45, 7) is 1.77. The van der Waals surface area contributed by atoms with Crippen molar-refractivity contribution in [3.05, 3.63) is 20.8 Å². The lowest BCUT2D eigenvalue weighted by Crippen LogP contribution is -2.27. The Morgan fingerprint density at radius 1 is 1.64 bits per heavy atom. The van der Waals surface area contributed by atoms with Gasteiger partial charge in [-0.25, -0.2) is 0 Å². The van der Waals surface area contributed by atoms with Gasteiger partial charge >= 0.3 is 7.59 Å². The van der Waals surface area contributed by atoms with Gasteiger partial charge in [-0.1, -0.05) is 11.6 Å². The molecule has 1 aromatic rings. The van der Waals surface area contributed by atoms with Crippen LogP contribution in [0.25, 0.3) is 0 Å². The van der Waals surface area contributed by atoms with E-state index in [1.54, 1.807) is 6.92 Å². The molecule has 0 aliphatic carbocycles. The highest BCUT2D eigenvalue weighted by atomic mass is 35.5. The van der Waals surface area contributed by atoms with Crippen LogP contribution in [0.4, 0.5) is 0 Å². The van der Waals surface area contributed by atoms with Crippen LogP contribution in [0.2, 0.25) is 5.02 Å². The molecule has 14 heavy (non-hydrogen) atoms. The van der Waals surface area contributed by atoms with Crippen molar-refractivity contribution in [3.8, 4) is 0 Å². The van der Waals surface area contributed by atoms with Crippen LogP contribution in [-0.4, -0.2) is 5.91 Å². The second-order valence-electron chi connectivity index (χ2n) is 2.67. The van der Waals surface area contributed by atoms with Gasteiger partial charge in [0.2, 0.25) is 0 Å². The predicted octanol–water partition coefficient (Wildman–Crippen LogP) is 1.47. The second kappa shape index (κ2) is 4.00. The van der Waals surface area contributed by atoms with Crippen molar-refractivity contribution in [1.29, 1.82) is 0 Å². The molecule has 0 aliphatic heterocycles. The number of carbonyl (C=O) groups excluding carboxylic acids is 1. The molecule has 0 unspecified atom stereocenters. The quantitative estimate of drug-likeness (QED) is 0.695. The van der Waals surface area contributed by atoms with Gasteiger partial charge in [0.05, 0.1) is 9.90 Å². The monoisotopic (exact) mass is 253 g/mol. The van der Waals surface area contributed by atoms with E-state index in [0.29, 0.717) is 9.90 Å². The van der Waals surface area contributed by atoms with Gasteiger partial charge in [0.1, 0.15) is 0 Å². The van der Waals surface area contributed by atoms with Crippen LogP contribution in [0.5, 0.6) is 0 Å². The van der Waals surface area contributed by atoms with E-state index in [4.69, 9.17) is 22.6 Å². The van der Waals surface area contributed by atoms with Gasteiger partial charge in [-0.2, -0.15) is 0 Å². The molecule has 1 aromatic heterocycles. The molecule has 0 aromatic carbocycles. The molecule has 1 rings (SSSR count). The lowest BCUT2D eigenvalue weighted by molar-refractivity contribution is 0.0984. The van der Waals surface area contributed by atoms with Crippen LogP contribution in [0.1, 0.15) is 14.5 Å².